The molecule has 0 radical (unpaired) electrons. The van der Waals surface area contributed by atoms with Crippen molar-refractivity contribution in [3.8, 4) is 5.75 Å². The fourth-order valence-corrected chi connectivity index (χ4v) is 3.41. The third-order valence-electron chi connectivity index (χ3n) is 5.22. The second-order valence-corrected chi connectivity index (χ2v) is 9.00. The fraction of sp³-hybridized carbons (Fsp3) is 0.640. The summed E-state index contributed by atoms with van der Waals surface area (Å²) in [5, 5.41) is 0. The molecule has 34 heavy (non-hydrogen) atoms. The Morgan fingerprint density at radius 2 is 1.44 bits per heavy atom. The van der Waals surface area contributed by atoms with Gasteiger partial charge in [0.1, 0.15) is 5.75 Å². The number of nitrogen functional groups attached to an aromatic ring is 1. The second kappa shape index (κ2) is 22.6. The summed E-state index contributed by atoms with van der Waals surface area (Å²) in [7, 11) is -3.33. The van der Waals surface area contributed by atoms with Crippen LogP contribution < -0.4 is 40.0 Å². The van der Waals surface area contributed by atoms with Gasteiger partial charge in [-0.15, -0.1) is 0 Å². The van der Waals surface area contributed by atoms with Gasteiger partial charge in [-0.05, 0) is 50.3 Å². The molecule has 0 aliphatic carbocycles. The monoisotopic (exact) mass is 507 g/mol. The van der Waals surface area contributed by atoms with Gasteiger partial charge in [0.2, 0.25) is 10.4 Å². The van der Waals surface area contributed by atoms with E-state index in [1.54, 1.807) is 25.3 Å². The van der Waals surface area contributed by atoms with Crippen molar-refractivity contribution in [1.82, 2.24) is 0 Å². The van der Waals surface area contributed by atoms with Gasteiger partial charge >= 0.3 is 29.6 Å². The molecular formula is C25H42NNaO6S. The third kappa shape index (κ3) is 22.9. The maximum atomic E-state index is 12.2. The molecular weight excluding hydrogens is 465 g/mol. The number of methoxy groups -OCH3 is 1. The van der Waals surface area contributed by atoms with Crippen molar-refractivity contribution in [2.24, 2.45) is 0 Å². The van der Waals surface area contributed by atoms with E-state index in [9.17, 15) is 4.79 Å². The van der Waals surface area contributed by atoms with E-state index in [0.29, 0.717) is 23.4 Å². The normalized spacial score (nSPS) is 10.9. The molecule has 0 saturated carbocycles. The van der Waals surface area contributed by atoms with E-state index in [1.807, 2.05) is 0 Å². The molecule has 0 aromatic heterocycles. The van der Waals surface area contributed by atoms with E-state index < -0.39 is 10.4 Å². The zero-order valence-electron chi connectivity index (χ0n) is 21.3. The summed E-state index contributed by atoms with van der Waals surface area (Å²) in [5.74, 6) is 0.796. The van der Waals surface area contributed by atoms with Crippen LogP contribution in [0.2, 0.25) is 0 Å². The van der Waals surface area contributed by atoms with Crippen LogP contribution in [0.25, 0.3) is 0 Å². The van der Waals surface area contributed by atoms with Crippen molar-refractivity contribution in [2.45, 2.75) is 96.8 Å². The average molecular weight is 508 g/mol. The number of ketones is 1. The standard InChI is InChI=1S/C25H41NO2.Na.H2O4S/c1-3-4-5-6-7-8-9-10-11-12-13-14-15-16-17-18-24(27)22-19-20-25(28-2)23(26)21-22;;1-5(2,3)4/h10-11,19-21H,3-9,12-18,26H2,1-2H3;;(H2,1,2,3,4)/q;+1;/p-1/b11-10-;;. The van der Waals surface area contributed by atoms with Gasteiger partial charge in [-0.3, -0.25) is 9.35 Å². The number of rotatable bonds is 17. The first-order chi connectivity index (χ1) is 15.7. The van der Waals surface area contributed by atoms with Crippen molar-refractivity contribution in [3.05, 3.63) is 35.9 Å². The Bertz CT molecular complexity index is 776. The van der Waals surface area contributed by atoms with Crippen LogP contribution >= 0.6 is 0 Å². The van der Waals surface area contributed by atoms with Crippen LogP contribution in [0.5, 0.6) is 5.75 Å². The van der Waals surface area contributed by atoms with E-state index in [0.717, 1.165) is 12.8 Å². The summed E-state index contributed by atoms with van der Waals surface area (Å²) in [6, 6.07) is 5.29. The maximum absolute atomic E-state index is 12.2. The molecule has 0 amide bonds. The minimum Gasteiger partial charge on any atom is -0.726 e. The fourth-order valence-electron chi connectivity index (χ4n) is 3.41. The van der Waals surface area contributed by atoms with Gasteiger partial charge in [-0.1, -0.05) is 70.4 Å². The minimum absolute atomic E-state index is 0. The molecule has 0 unspecified atom stereocenters. The SMILES string of the molecule is CCCCCCCC/C=C\CCCCCCCC(=O)c1ccc(OC)c(N)c1.O=S(=O)([O-])O.[Na+]. The van der Waals surface area contributed by atoms with Crippen LogP contribution in [0, 0.1) is 0 Å². The number of carbonyl (C=O) groups excluding carboxylic acids is 1. The molecule has 7 nitrogen and oxygen atoms in total. The van der Waals surface area contributed by atoms with Crippen LogP contribution in [0.4, 0.5) is 5.69 Å². The molecule has 0 bridgehead atoms. The number of nitrogens with two attached hydrogens (primary N) is 1. The molecule has 190 valence electrons. The van der Waals surface area contributed by atoms with Gasteiger partial charge in [-0.25, -0.2) is 8.42 Å². The van der Waals surface area contributed by atoms with E-state index in [-0.39, 0.29) is 35.3 Å². The van der Waals surface area contributed by atoms with Crippen LogP contribution in [-0.4, -0.2) is 30.4 Å². The van der Waals surface area contributed by atoms with E-state index in [4.69, 9.17) is 28.0 Å². The average Bonchev–Trinajstić information content (AvgIpc) is 2.75. The topological polar surface area (TPSA) is 130 Å². The summed E-state index contributed by atoms with van der Waals surface area (Å²) < 4.78 is 38.0. The number of unbranched alkanes of at least 4 members (excludes halogenated alkanes) is 11. The number of anilines is 1. The summed E-state index contributed by atoms with van der Waals surface area (Å²) in [4.78, 5) is 12.2. The first-order valence-corrected chi connectivity index (χ1v) is 13.4. The smallest absolute Gasteiger partial charge is 0.726 e. The van der Waals surface area contributed by atoms with Crippen LogP contribution in [0.15, 0.2) is 30.4 Å². The molecule has 9 heteroatoms. The number of hydrogen-bond acceptors (Lipinski definition) is 6. The molecule has 0 heterocycles. The number of benzene rings is 1. The van der Waals surface area contributed by atoms with E-state index >= 15 is 0 Å². The summed E-state index contributed by atoms with van der Waals surface area (Å²) in [6.07, 6.45) is 21.8. The Morgan fingerprint density at radius 3 is 1.91 bits per heavy atom. The third-order valence-corrected chi connectivity index (χ3v) is 5.22. The molecule has 1 rings (SSSR count). The van der Waals surface area contributed by atoms with Crippen molar-refractivity contribution >= 4 is 21.9 Å². The zero-order chi connectivity index (χ0) is 25.0. The molecule has 3 N–H and O–H groups in total. The molecule has 0 aliphatic rings. The van der Waals surface area contributed by atoms with Crippen molar-refractivity contribution in [1.29, 1.82) is 0 Å². The van der Waals surface area contributed by atoms with Crippen LogP contribution in [0.1, 0.15) is 107 Å². The molecule has 1 aromatic rings. The van der Waals surface area contributed by atoms with Gasteiger partial charge < -0.3 is 15.0 Å². The van der Waals surface area contributed by atoms with Crippen molar-refractivity contribution in [2.75, 3.05) is 12.8 Å². The summed E-state index contributed by atoms with van der Waals surface area (Å²) >= 11 is 0. The van der Waals surface area contributed by atoms with E-state index in [2.05, 4.69) is 19.1 Å². The predicted octanol–water partition coefficient (Wildman–Crippen LogP) is 3.51. The van der Waals surface area contributed by atoms with Gasteiger partial charge in [0, 0.05) is 12.0 Å². The summed E-state index contributed by atoms with van der Waals surface area (Å²) in [6.45, 7) is 2.27. The van der Waals surface area contributed by atoms with Gasteiger partial charge in [0.05, 0.1) is 12.8 Å². The van der Waals surface area contributed by atoms with Gasteiger partial charge in [0.15, 0.2) is 5.78 Å². The number of allylic oxidation sites excluding steroid dienone is 2. The Kier molecular flexibility index (Phi) is 23.4. The number of ether oxygens (including phenoxy) is 1. The number of Topliss-reactive ketones (excluding diaryl/α,β-unsaturated/α-hetero) is 1. The second-order valence-electron chi connectivity index (χ2n) is 8.14. The van der Waals surface area contributed by atoms with Crippen molar-refractivity contribution in [3.63, 3.8) is 0 Å². The van der Waals surface area contributed by atoms with Gasteiger partial charge in [-0.2, -0.15) is 0 Å². The zero-order valence-corrected chi connectivity index (χ0v) is 24.1. The summed E-state index contributed by atoms with van der Waals surface area (Å²) in [5.41, 5.74) is 7.09. The molecule has 0 fully saturated rings. The maximum Gasteiger partial charge on any atom is 1.00 e. The molecule has 0 aliphatic heterocycles. The van der Waals surface area contributed by atoms with Crippen molar-refractivity contribution < 1.29 is 56.6 Å². The number of hydrogen-bond donors (Lipinski definition) is 2. The molecule has 0 atom stereocenters. The largest absolute Gasteiger partial charge is 1.00 e. The Labute approximate surface area is 228 Å². The molecule has 0 spiro atoms. The minimum atomic E-state index is -4.92. The Morgan fingerprint density at radius 1 is 0.971 bits per heavy atom. The molecule has 0 saturated heterocycles. The predicted molar refractivity (Wildman–Crippen MR) is 134 cm³/mol. The van der Waals surface area contributed by atoms with Crippen LogP contribution in [-0.2, 0) is 10.4 Å². The number of carbonyl (C=O) groups is 1. The Hall–Kier alpha value is -0.900. The Balaban J connectivity index is 0. The first-order valence-electron chi connectivity index (χ1n) is 12.0. The van der Waals surface area contributed by atoms with Gasteiger partial charge in [0.25, 0.3) is 0 Å². The molecule has 1 aromatic carbocycles. The van der Waals surface area contributed by atoms with E-state index in [1.165, 1.54) is 70.6 Å². The quantitative estimate of drug-likeness (QED) is 0.0628. The van der Waals surface area contributed by atoms with Crippen LogP contribution in [0.3, 0.4) is 0 Å². The first kappa shape index (κ1) is 35.3.